The molecule has 1 fully saturated rings. The third-order valence-corrected chi connectivity index (χ3v) is 4.74. The molecule has 1 aliphatic rings. The quantitative estimate of drug-likeness (QED) is 0.640. The number of carbonyl (C=O) groups excluding carboxylic acids is 2. The number of nitrogens with zero attached hydrogens (tertiary/aromatic N) is 1. The molecule has 0 saturated carbocycles. The first-order valence-electron chi connectivity index (χ1n) is 9.46. The van der Waals surface area contributed by atoms with E-state index in [1.165, 1.54) is 12.1 Å². The second-order valence-corrected chi connectivity index (χ2v) is 6.68. The zero-order valence-electron chi connectivity index (χ0n) is 15.8. The molecule has 1 aliphatic heterocycles. The van der Waals surface area contributed by atoms with Gasteiger partial charge >= 0.3 is 5.97 Å². The van der Waals surface area contributed by atoms with Crippen molar-refractivity contribution in [3.8, 4) is 0 Å². The molecule has 1 saturated heterocycles. The second kappa shape index (κ2) is 10.7. The summed E-state index contributed by atoms with van der Waals surface area (Å²) in [5.74, 6) is -0.960. The van der Waals surface area contributed by atoms with E-state index in [0.717, 1.165) is 12.0 Å². The van der Waals surface area contributed by atoms with E-state index in [-0.39, 0.29) is 29.7 Å². The van der Waals surface area contributed by atoms with Crippen molar-refractivity contribution >= 4 is 17.8 Å². The molecule has 7 heteroatoms. The van der Waals surface area contributed by atoms with Crippen LogP contribution in [0.2, 0.25) is 0 Å². The highest BCUT2D eigenvalue weighted by molar-refractivity contribution is 5.88. The largest absolute Gasteiger partial charge is 0.478 e. The van der Waals surface area contributed by atoms with Gasteiger partial charge in [-0.05, 0) is 43.9 Å². The van der Waals surface area contributed by atoms with Gasteiger partial charge < -0.3 is 20.1 Å². The van der Waals surface area contributed by atoms with Crippen LogP contribution in [0.5, 0.6) is 0 Å². The summed E-state index contributed by atoms with van der Waals surface area (Å²) in [5, 5.41) is 11.8. The lowest BCUT2D eigenvalue weighted by molar-refractivity contribution is -0.135. The Bertz CT molecular complexity index is 636. The van der Waals surface area contributed by atoms with Crippen molar-refractivity contribution in [3.05, 3.63) is 35.4 Å². The number of piperidine rings is 1. The minimum atomic E-state index is -0.980. The van der Waals surface area contributed by atoms with Crippen LogP contribution >= 0.6 is 0 Å². The van der Waals surface area contributed by atoms with Gasteiger partial charge in [-0.1, -0.05) is 12.1 Å². The van der Waals surface area contributed by atoms with Crippen molar-refractivity contribution in [1.82, 2.24) is 10.2 Å². The Hall–Kier alpha value is -2.41. The Morgan fingerprint density at radius 3 is 2.44 bits per heavy atom. The second-order valence-electron chi connectivity index (χ2n) is 6.68. The van der Waals surface area contributed by atoms with Crippen LogP contribution in [0.1, 0.15) is 42.1 Å². The molecule has 148 valence electrons. The lowest BCUT2D eigenvalue weighted by atomic mass is 9.95. The molecule has 1 heterocycles. The number of hydrogen-bond donors (Lipinski definition) is 2. The fourth-order valence-electron chi connectivity index (χ4n) is 3.12. The van der Waals surface area contributed by atoms with Crippen LogP contribution in [0.3, 0.4) is 0 Å². The molecule has 0 aliphatic carbocycles. The summed E-state index contributed by atoms with van der Waals surface area (Å²) in [6, 6.07) is 6.35. The zero-order chi connectivity index (χ0) is 19.6. The number of amides is 2. The minimum absolute atomic E-state index is 0.00801. The first-order valence-corrected chi connectivity index (χ1v) is 9.46. The van der Waals surface area contributed by atoms with Crippen molar-refractivity contribution in [2.24, 2.45) is 5.92 Å². The maximum absolute atomic E-state index is 12.4. The van der Waals surface area contributed by atoms with Gasteiger partial charge in [-0.15, -0.1) is 0 Å². The van der Waals surface area contributed by atoms with Crippen LogP contribution in [0.15, 0.2) is 24.3 Å². The van der Waals surface area contributed by atoms with Crippen LogP contribution in [-0.2, 0) is 20.7 Å². The standard InChI is InChI=1S/C20H28N2O5/c1-2-27-13-3-10-21-19(24)16-8-11-22(12-9-16)18(23)14-15-4-6-17(7-5-15)20(25)26/h4-7,16H,2-3,8-14H2,1H3,(H,21,24)(H,25,26). The number of nitrogens with one attached hydrogen (secondary N) is 1. The molecule has 2 rings (SSSR count). The zero-order valence-corrected chi connectivity index (χ0v) is 15.8. The average molecular weight is 376 g/mol. The van der Waals surface area contributed by atoms with Crippen LogP contribution in [0, 0.1) is 5.92 Å². The third-order valence-electron chi connectivity index (χ3n) is 4.74. The predicted octanol–water partition coefficient (Wildman–Crippen LogP) is 1.71. The Labute approximate surface area is 159 Å². The van der Waals surface area contributed by atoms with Gasteiger partial charge in [-0.25, -0.2) is 4.79 Å². The van der Waals surface area contributed by atoms with E-state index in [0.29, 0.717) is 45.7 Å². The van der Waals surface area contributed by atoms with E-state index in [4.69, 9.17) is 9.84 Å². The predicted molar refractivity (Wildman–Crippen MR) is 101 cm³/mol. The summed E-state index contributed by atoms with van der Waals surface area (Å²) in [6.45, 7) is 5.04. The van der Waals surface area contributed by atoms with E-state index < -0.39 is 5.97 Å². The van der Waals surface area contributed by atoms with Gasteiger partial charge in [0.1, 0.15) is 0 Å². The third kappa shape index (κ3) is 6.67. The van der Waals surface area contributed by atoms with E-state index in [1.54, 1.807) is 17.0 Å². The van der Waals surface area contributed by atoms with Crippen molar-refractivity contribution in [3.63, 3.8) is 0 Å². The number of hydrogen-bond acceptors (Lipinski definition) is 4. The molecule has 0 spiro atoms. The highest BCUT2D eigenvalue weighted by atomic mass is 16.5. The first-order chi connectivity index (χ1) is 13.0. The Morgan fingerprint density at radius 1 is 1.19 bits per heavy atom. The van der Waals surface area contributed by atoms with E-state index in [1.807, 2.05) is 6.92 Å². The molecular weight excluding hydrogens is 348 g/mol. The average Bonchev–Trinajstić information content (AvgIpc) is 2.68. The van der Waals surface area contributed by atoms with Gasteiger partial charge in [-0.3, -0.25) is 9.59 Å². The smallest absolute Gasteiger partial charge is 0.335 e. The minimum Gasteiger partial charge on any atom is -0.478 e. The Morgan fingerprint density at radius 2 is 1.85 bits per heavy atom. The van der Waals surface area contributed by atoms with E-state index in [2.05, 4.69) is 5.32 Å². The maximum Gasteiger partial charge on any atom is 0.335 e. The summed E-state index contributed by atoms with van der Waals surface area (Å²) in [6.07, 6.45) is 2.38. The number of ether oxygens (including phenoxy) is 1. The highest BCUT2D eigenvalue weighted by Crippen LogP contribution is 2.18. The molecule has 1 aromatic rings. The number of carboxylic acids is 1. The number of carbonyl (C=O) groups is 3. The molecule has 1 aromatic carbocycles. The van der Waals surface area contributed by atoms with Gasteiger partial charge in [0, 0.05) is 38.8 Å². The van der Waals surface area contributed by atoms with Crippen LogP contribution in [-0.4, -0.2) is 60.6 Å². The van der Waals surface area contributed by atoms with Crippen molar-refractivity contribution < 1.29 is 24.2 Å². The molecular formula is C20H28N2O5. The SMILES string of the molecule is CCOCCCNC(=O)C1CCN(C(=O)Cc2ccc(C(=O)O)cc2)CC1. The first kappa shape index (κ1) is 20.9. The molecule has 0 aromatic heterocycles. The van der Waals surface area contributed by atoms with E-state index in [9.17, 15) is 14.4 Å². The fourth-order valence-corrected chi connectivity index (χ4v) is 3.12. The topological polar surface area (TPSA) is 95.9 Å². The number of rotatable bonds is 9. The fraction of sp³-hybridized carbons (Fsp3) is 0.550. The number of likely N-dealkylation sites (tertiary alicyclic amines) is 1. The highest BCUT2D eigenvalue weighted by Gasteiger charge is 2.27. The van der Waals surface area contributed by atoms with Crippen LogP contribution < -0.4 is 5.32 Å². The summed E-state index contributed by atoms with van der Waals surface area (Å²) < 4.78 is 5.24. The van der Waals surface area contributed by atoms with Gasteiger partial charge in [0.05, 0.1) is 12.0 Å². The van der Waals surface area contributed by atoms with E-state index >= 15 is 0 Å². The summed E-state index contributed by atoms with van der Waals surface area (Å²) in [7, 11) is 0. The molecule has 7 nitrogen and oxygen atoms in total. The van der Waals surface area contributed by atoms with Gasteiger partial charge in [0.25, 0.3) is 0 Å². The van der Waals surface area contributed by atoms with Crippen LogP contribution in [0.25, 0.3) is 0 Å². The Balaban J connectivity index is 1.72. The molecule has 27 heavy (non-hydrogen) atoms. The van der Waals surface area contributed by atoms with Gasteiger partial charge in [0.2, 0.25) is 11.8 Å². The monoisotopic (exact) mass is 376 g/mol. The number of benzene rings is 1. The number of aromatic carboxylic acids is 1. The lowest BCUT2D eigenvalue weighted by Crippen LogP contribution is -2.43. The molecule has 0 bridgehead atoms. The molecule has 0 radical (unpaired) electrons. The molecule has 0 unspecified atom stereocenters. The molecule has 0 atom stereocenters. The van der Waals surface area contributed by atoms with Gasteiger partial charge in [0.15, 0.2) is 0 Å². The van der Waals surface area contributed by atoms with Crippen molar-refractivity contribution in [1.29, 1.82) is 0 Å². The van der Waals surface area contributed by atoms with Crippen LogP contribution in [0.4, 0.5) is 0 Å². The molecule has 2 N–H and O–H groups in total. The maximum atomic E-state index is 12.4. The van der Waals surface area contributed by atoms with Crippen molar-refractivity contribution in [2.75, 3.05) is 32.8 Å². The Kier molecular flexibility index (Phi) is 8.26. The van der Waals surface area contributed by atoms with Crippen molar-refractivity contribution in [2.45, 2.75) is 32.6 Å². The summed E-state index contributed by atoms with van der Waals surface area (Å²) in [4.78, 5) is 37.3. The van der Waals surface area contributed by atoms with Gasteiger partial charge in [-0.2, -0.15) is 0 Å². The molecule has 2 amide bonds. The summed E-state index contributed by atoms with van der Waals surface area (Å²) in [5.41, 5.74) is 0.999. The number of carboxylic acid groups (broad SMARTS) is 1. The lowest BCUT2D eigenvalue weighted by Gasteiger charge is -2.31. The summed E-state index contributed by atoms with van der Waals surface area (Å²) >= 11 is 0. The normalized spacial score (nSPS) is 14.8.